The van der Waals surface area contributed by atoms with Crippen LogP contribution in [-0.4, -0.2) is 27.5 Å². The molecule has 1 aliphatic rings. The van der Waals surface area contributed by atoms with E-state index < -0.39 is 5.54 Å². The normalized spacial score (nSPS) is 14.0. The van der Waals surface area contributed by atoms with Crippen molar-refractivity contribution in [3.05, 3.63) is 69.5 Å². The lowest BCUT2D eigenvalue weighted by Crippen LogP contribution is -2.40. The van der Waals surface area contributed by atoms with E-state index in [-0.39, 0.29) is 5.91 Å². The van der Waals surface area contributed by atoms with Gasteiger partial charge < -0.3 is 14.8 Å². The molecule has 0 bridgehead atoms. The highest BCUT2D eigenvalue weighted by Crippen LogP contribution is 2.21. The molecule has 0 atom stereocenters. The smallest absolute Gasteiger partial charge is 0.257 e. The quantitative estimate of drug-likeness (QED) is 0.854. The Morgan fingerprint density at radius 3 is 2.78 bits per heavy atom. The highest BCUT2D eigenvalue weighted by atomic mass is 32.1. The second kappa shape index (κ2) is 7.45. The van der Waals surface area contributed by atoms with Gasteiger partial charge in [0.1, 0.15) is 5.54 Å². The van der Waals surface area contributed by atoms with Crippen LogP contribution in [0.25, 0.3) is 0 Å². The number of amides is 1. The fourth-order valence-corrected chi connectivity index (χ4v) is 3.79. The fraction of sp³-hybridized carbons (Fsp3) is 0.333. The van der Waals surface area contributed by atoms with Gasteiger partial charge in [-0.3, -0.25) is 4.79 Å². The van der Waals surface area contributed by atoms with Gasteiger partial charge in [0.25, 0.3) is 5.91 Å². The van der Waals surface area contributed by atoms with Gasteiger partial charge in [0.15, 0.2) is 0 Å². The number of aryl methyl sites for hydroxylation is 1. The van der Waals surface area contributed by atoms with Crippen LogP contribution in [0, 0.1) is 25.2 Å². The minimum absolute atomic E-state index is 0.107. The van der Waals surface area contributed by atoms with Crippen molar-refractivity contribution in [3.63, 3.8) is 0 Å². The fourth-order valence-electron chi connectivity index (χ4n) is 3.10. The van der Waals surface area contributed by atoms with Crippen LogP contribution < -0.4 is 5.32 Å². The monoisotopic (exact) mass is 380 g/mol. The second-order valence-electron chi connectivity index (χ2n) is 7.20. The standard InChI is InChI=1S/C21H24N4OS/c1-15-12-19(16(2)25(15)13-18-6-5-11-27-18)20(26)23-17-7-9-24(10-8-17)21(3,4)14-22/h5-9,11-12H,10,13H2,1-4H3,(H,23,26). The largest absolute Gasteiger partial charge is 0.356 e. The van der Waals surface area contributed by atoms with Crippen LogP contribution in [0.1, 0.15) is 40.5 Å². The molecule has 2 aromatic heterocycles. The number of aromatic nitrogens is 1. The first kappa shape index (κ1) is 19.0. The Balaban J connectivity index is 1.71. The van der Waals surface area contributed by atoms with E-state index in [4.69, 9.17) is 0 Å². The van der Waals surface area contributed by atoms with Crippen molar-refractivity contribution in [2.75, 3.05) is 6.54 Å². The van der Waals surface area contributed by atoms with E-state index in [0.29, 0.717) is 12.1 Å². The molecule has 1 amide bonds. The molecule has 3 rings (SSSR count). The summed E-state index contributed by atoms with van der Waals surface area (Å²) < 4.78 is 2.17. The number of carbonyl (C=O) groups is 1. The van der Waals surface area contributed by atoms with Gasteiger partial charge in [0.2, 0.25) is 0 Å². The topological polar surface area (TPSA) is 61.1 Å². The zero-order valence-corrected chi connectivity index (χ0v) is 16.9. The van der Waals surface area contributed by atoms with Crippen molar-refractivity contribution >= 4 is 17.2 Å². The molecule has 0 fully saturated rings. The molecule has 0 saturated carbocycles. The summed E-state index contributed by atoms with van der Waals surface area (Å²) in [7, 11) is 0. The number of nitrogens with zero attached hydrogens (tertiary/aromatic N) is 3. The number of nitriles is 1. The Morgan fingerprint density at radius 1 is 1.41 bits per heavy atom. The van der Waals surface area contributed by atoms with Gasteiger partial charge in [-0.2, -0.15) is 5.26 Å². The first-order valence-corrected chi connectivity index (χ1v) is 9.76. The van der Waals surface area contributed by atoms with Crippen LogP contribution >= 0.6 is 11.3 Å². The van der Waals surface area contributed by atoms with Crippen LogP contribution in [0.3, 0.4) is 0 Å². The number of thiophene rings is 1. The van der Waals surface area contributed by atoms with Gasteiger partial charge in [-0.05, 0) is 57.4 Å². The molecule has 1 aliphatic heterocycles. The maximum atomic E-state index is 12.8. The third-order valence-electron chi connectivity index (χ3n) is 4.90. The van der Waals surface area contributed by atoms with Crippen molar-refractivity contribution in [1.29, 1.82) is 5.26 Å². The molecule has 27 heavy (non-hydrogen) atoms. The minimum Gasteiger partial charge on any atom is -0.356 e. The predicted molar refractivity (Wildman–Crippen MR) is 108 cm³/mol. The van der Waals surface area contributed by atoms with Gasteiger partial charge in [-0.25, -0.2) is 0 Å². The van der Waals surface area contributed by atoms with Crippen molar-refractivity contribution < 1.29 is 4.79 Å². The maximum absolute atomic E-state index is 12.8. The van der Waals surface area contributed by atoms with Gasteiger partial charge in [-0.15, -0.1) is 11.3 Å². The van der Waals surface area contributed by atoms with Crippen LogP contribution in [0.4, 0.5) is 0 Å². The SMILES string of the molecule is Cc1cc(C(=O)NC2=CCN(C(C)(C)C#N)C=C2)c(C)n1Cc1cccs1. The number of hydrogen-bond acceptors (Lipinski definition) is 4. The number of allylic oxidation sites excluding steroid dienone is 1. The average Bonchev–Trinajstić information content (AvgIpc) is 3.26. The molecule has 0 unspecified atom stereocenters. The van der Waals surface area contributed by atoms with E-state index >= 15 is 0 Å². The van der Waals surface area contributed by atoms with E-state index in [2.05, 4.69) is 27.4 Å². The molecule has 2 aromatic rings. The summed E-state index contributed by atoms with van der Waals surface area (Å²) in [6.45, 7) is 9.12. The molecule has 1 N–H and O–H groups in total. The lowest BCUT2D eigenvalue weighted by molar-refractivity contribution is 0.0966. The summed E-state index contributed by atoms with van der Waals surface area (Å²) in [5.74, 6) is -0.107. The van der Waals surface area contributed by atoms with E-state index in [9.17, 15) is 10.1 Å². The lowest BCUT2D eigenvalue weighted by Gasteiger charge is -2.33. The summed E-state index contributed by atoms with van der Waals surface area (Å²) in [5.41, 5.74) is 2.91. The number of nitrogens with one attached hydrogen (secondary N) is 1. The molecule has 0 saturated heterocycles. The molecule has 0 aromatic carbocycles. The molecular weight excluding hydrogens is 356 g/mol. The Morgan fingerprint density at radius 2 is 2.19 bits per heavy atom. The van der Waals surface area contributed by atoms with Gasteiger partial charge in [0, 0.05) is 34.7 Å². The van der Waals surface area contributed by atoms with Gasteiger partial charge in [0.05, 0.1) is 18.2 Å². The van der Waals surface area contributed by atoms with Crippen molar-refractivity contribution in [2.24, 2.45) is 0 Å². The van der Waals surface area contributed by atoms with E-state index in [1.807, 2.05) is 63.1 Å². The van der Waals surface area contributed by atoms with Crippen LogP contribution in [-0.2, 0) is 6.54 Å². The van der Waals surface area contributed by atoms with Gasteiger partial charge >= 0.3 is 0 Å². The summed E-state index contributed by atoms with van der Waals surface area (Å²) >= 11 is 1.72. The van der Waals surface area contributed by atoms with Crippen LogP contribution in [0.5, 0.6) is 0 Å². The summed E-state index contributed by atoms with van der Waals surface area (Å²) in [6.07, 6.45) is 5.63. The molecular formula is C21H24N4OS. The van der Waals surface area contributed by atoms with Crippen LogP contribution in [0.15, 0.2) is 47.6 Å². The molecule has 3 heterocycles. The van der Waals surface area contributed by atoms with E-state index in [1.165, 1.54) is 4.88 Å². The third-order valence-corrected chi connectivity index (χ3v) is 5.76. The lowest BCUT2D eigenvalue weighted by atomic mass is 10.0. The highest BCUT2D eigenvalue weighted by Gasteiger charge is 2.24. The zero-order chi connectivity index (χ0) is 19.6. The maximum Gasteiger partial charge on any atom is 0.257 e. The first-order valence-electron chi connectivity index (χ1n) is 8.88. The summed E-state index contributed by atoms with van der Waals surface area (Å²) in [4.78, 5) is 16.0. The predicted octanol–water partition coefficient (Wildman–Crippen LogP) is 3.96. The van der Waals surface area contributed by atoms with Crippen molar-refractivity contribution in [1.82, 2.24) is 14.8 Å². The van der Waals surface area contributed by atoms with Crippen molar-refractivity contribution in [2.45, 2.75) is 39.8 Å². The molecule has 140 valence electrons. The zero-order valence-electron chi connectivity index (χ0n) is 16.1. The third kappa shape index (κ3) is 3.99. The van der Waals surface area contributed by atoms with E-state index in [0.717, 1.165) is 23.6 Å². The Labute approximate surface area is 164 Å². The average molecular weight is 381 g/mol. The molecule has 0 radical (unpaired) electrons. The second-order valence-corrected chi connectivity index (χ2v) is 8.24. The first-order chi connectivity index (χ1) is 12.8. The number of carbonyl (C=O) groups excluding carboxylic acids is 1. The summed E-state index contributed by atoms with van der Waals surface area (Å²) in [5, 5.41) is 14.3. The molecule has 0 aliphatic carbocycles. The van der Waals surface area contributed by atoms with Crippen molar-refractivity contribution in [3.8, 4) is 6.07 Å². The van der Waals surface area contributed by atoms with E-state index in [1.54, 1.807) is 11.3 Å². The van der Waals surface area contributed by atoms with Gasteiger partial charge in [-0.1, -0.05) is 6.07 Å². The highest BCUT2D eigenvalue weighted by molar-refractivity contribution is 7.09. The number of hydrogen-bond donors (Lipinski definition) is 1. The molecule has 0 spiro atoms. The molecule has 6 heteroatoms. The molecule has 5 nitrogen and oxygen atoms in total. The summed E-state index contributed by atoms with van der Waals surface area (Å²) in [6, 6.07) is 8.37. The minimum atomic E-state index is -0.574. The van der Waals surface area contributed by atoms with Crippen LogP contribution in [0.2, 0.25) is 0 Å². The Kier molecular flexibility index (Phi) is 5.24. The Bertz CT molecular complexity index is 942. The number of rotatable bonds is 5. The Hall–Kier alpha value is -2.78.